The van der Waals surface area contributed by atoms with Crippen LogP contribution in [0.4, 0.5) is 0 Å². The highest BCUT2D eigenvalue weighted by Gasteiger charge is 2.51. The molecule has 0 N–H and O–H groups in total. The predicted molar refractivity (Wildman–Crippen MR) is 176 cm³/mol. The molecule has 0 radical (unpaired) electrons. The molecule has 0 atom stereocenters. The van der Waals surface area contributed by atoms with Crippen molar-refractivity contribution in [3.8, 4) is 0 Å². The standard InChI is InChI=1S/C13H14N2O2.C10H8BrN2O2.C9H17BO2/c1-4-17-13(16)11-10-7-5-6-8-15(10)12(14-11)9(2)3;1-2-15-9(14)8-7-5-3-4-6-13(7)10(11)12-8;1-7(2)10-11-8(3,4)9(5,6)12-10/h5-8H,2,4H2,1,3H3;4-6H,2H2,1H3;1H2,2-6H3/q;+1;. The monoisotopic (exact) mass is 665 g/mol. The molecule has 232 valence electrons. The van der Waals surface area contributed by atoms with Gasteiger partial charge in [0.15, 0.2) is 11.4 Å². The fourth-order valence-electron chi connectivity index (χ4n) is 4.02. The van der Waals surface area contributed by atoms with Crippen molar-refractivity contribution >= 4 is 58.4 Å². The molecule has 0 amide bonds. The van der Waals surface area contributed by atoms with Gasteiger partial charge in [0.05, 0.1) is 29.9 Å². The first-order chi connectivity index (χ1) is 20.6. The third-order valence-electron chi connectivity index (χ3n) is 6.97. The lowest BCUT2D eigenvalue weighted by atomic mass is 9.81. The van der Waals surface area contributed by atoms with Crippen LogP contribution in [-0.4, -0.2) is 62.4 Å². The molecule has 0 spiro atoms. The van der Waals surface area contributed by atoms with E-state index in [1.165, 1.54) is 0 Å². The third-order valence-corrected chi connectivity index (χ3v) is 7.53. The lowest BCUT2D eigenvalue weighted by Gasteiger charge is -2.32. The van der Waals surface area contributed by atoms with Crippen molar-refractivity contribution in [1.29, 1.82) is 0 Å². The summed E-state index contributed by atoms with van der Waals surface area (Å²) in [5.41, 5.74) is 3.32. The van der Waals surface area contributed by atoms with Crippen LogP contribution in [0.15, 0.2) is 53.8 Å². The topological polar surface area (TPSA) is 106 Å². The van der Waals surface area contributed by atoms with Gasteiger partial charge in [-0.15, -0.1) is 6.58 Å². The second kappa shape index (κ2) is 14.3. The molecule has 1 fully saturated rings. The van der Waals surface area contributed by atoms with Gasteiger partial charge in [-0.2, -0.15) is 9.55 Å². The van der Waals surface area contributed by atoms with E-state index in [0.717, 1.165) is 16.6 Å². The average Bonchev–Trinajstić information content (AvgIpc) is 3.59. The third kappa shape index (κ3) is 7.63. The summed E-state index contributed by atoms with van der Waals surface area (Å²) in [4.78, 5) is 31.7. The van der Waals surface area contributed by atoms with Gasteiger partial charge in [-0.05, 0) is 89.0 Å². The van der Waals surface area contributed by atoms with Crippen molar-refractivity contribution in [1.82, 2.24) is 18.9 Å². The van der Waals surface area contributed by atoms with E-state index < -0.39 is 11.9 Å². The number of hydrogen-bond acceptors (Lipinski definition) is 8. The molecule has 10 nitrogen and oxygen atoms in total. The summed E-state index contributed by atoms with van der Waals surface area (Å²) >= 11 is 3.27. The number of allylic oxidation sites excluding steroid dienone is 4. The number of esters is 2. The summed E-state index contributed by atoms with van der Waals surface area (Å²) in [6.45, 7) is 23.8. The zero-order chi connectivity index (χ0) is 32.8. The van der Waals surface area contributed by atoms with Gasteiger partial charge in [0.1, 0.15) is 24.2 Å². The Morgan fingerprint density at radius 1 is 1.00 bits per heavy atom. The van der Waals surface area contributed by atoms with Gasteiger partial charge in [-0.25, -0.2) is 14.6 Å². The summed E-state index contributed by atoms with van der Waals surface area (Å²) in [7, 11) is -0.241. The highest BCUT2D eigenvalue weighted by atomic mass is 79.9. The van der Waals surface area contributed by atoms with Crippen LogP contribution in [0.3, 0.4) is 0 Å². The quantitative estimate of drug-likeness (QED) is 0.160. The zero-order valence-corrected chi connectivity index (χ0v) is 28.1. The van der Waals surface area contributed by atoms with Gasteiger partial charge in [0.2, 0.25) is 10.4 Å². The Bertz CT molecular complexity index is 1600. The Labute approximate surface area is 267 Å². The maximum Gasteiger partial charge on any atom is 0.489 e. The maximum atomic E-state index is 11.8. The normalized spacial score (nSPS) is 15.2. The molecule has 0 bridgehead atoms. The molecule has 5 heterocycles. The van der Waals surface area contributed by atoms with E-state index in [2.05, 4.69) is 45.1 Å². The van der Waals surface area contributed by atoms with Crippen molar-refractivity contribution in [3.05, 3.63) is 82.8 Å². The Morgan fingerprint density at radius 3 is 2.11 bits per heavy atom. The molecule has 3 aromatic heterocycles. The number of imidazole rings is 2. The van der Waals surface area contributed by atoms with Crippen LogP contribution < -0.4 is 0 Å². The molecule has 0 unspecified atom stereocenters. The predicted octanol–water partition coefficient (Wildman–Crippen LogP) is 6.86. The number of rotatable bonds is 6. The first-order valence-corrected chi connectivity index (χ1v) is 15.0. The minimum atomic E-state index is -0.416. The lowest BCUT2D eigenvalue weighted by Crippen LogP contribution is -2.41. The second-order valence-electron chi connectivity index (χ2n) is 11.0. The van der Waals surface area contributed by atoms with E-state index in [-0.39, 0.29) is 18.3 Å². The van der Waals surface area contributed by atoms with Crippen molar-refractivity contribution < 1.29 is 28.4 Å². The molecule has 3 aromatic rings. The van der Waals surface area contributed by atoms with Gasteiger partial charge in [0.25, 0.3) is 0 Å². The molecule has 1 saturated heterocycles. The Kier molecular flexibility index (Phi) is 11.3. The van der Waals surface area contributed by atoms with E-state index in [9.17, 15) is 9.59 Å². The molecule has 2 aliphatic rings. The number of carbonyl (C=O) groups is 2. The number of halogens is 1. The van der Waals surface area contributed by atoms with Gasteiger partial charge < -0.3 is 18.8 Å². The summed E-state index contributed by atoms with van der Waals surface area (Å²) in [5, 5.41) is 0. The highest BCUT2D eigenvalue weighted by molar-refractivity contribution is 9.10. The molecule has 12 heteroatoms. The smallest absolute Gasteiger partial charge is 0.461 e. The van der Waals surface area contributed by atoms with Crippen molar-refractivity contribution in [2.24, 2.45) is 0 Å². The number of aromatic nitrogens is 4. The van der Waals surface area contributed by atoms with Crippen LogP contribution in [0.5, 0.6) is 0 Å². The summed E-state index contributed by atoms with van der Waals surface area (Å²) in [6, 6.07) is 5.59. The number of ether oxygens (including phenoxy) is 2. The van der Waals surface area contributed by atoms with Crippen molar-refractivity contribution in [3.63, 3.8) is 0 Å². The van der Waals surface area contributed by atoms with E-state index in [1.54, 1.807) is 36.8 Å². The second-order valence-corrected chi connectivity index (χ2v) is 11.7. The lowest BCUT2D eigenvalue weighted by molar-refractivity contribution is 0.00578. The van der Waals surface area contributed by atoms with Crippen LogP contribution in [0, 0.1) is 6.08 Å². The Morgan fingerprint density at radius 2 is 1.59 bits per heavy atom. The van der Waals surface area contributed by atoms with Gasteiger partial charge >= 0.3 is 19.1 Å². The van der Waals surface area contributed by atoms with E-state index >= 15 is 0 Å². The number of nitrogens with zero attached hydrogens (tertiary/aromatic N) is 4. The number of fused-ring (bicyclic) bond motifs is 2. The molecular weight excluding hydrogens is 627 g/mol. The number of pyridine rings is 1. The van der Waals surface area contributed by atoms with Crippen molar-refractivity contribution in [2.75, 3.05) is 13.2 Å². The molecular formula is C32H39BBrN4O6+. The largest absolute Gasteiger partial charge is 0.489 e. The van der Waals surface area contributed by atoms with Gasteiger partial charge in [-0.3, -0.25) is 4.40 Å². The Balaban J connectivity index is 0.000000183. The van der Waals surface area contributed by atoms with E-state index in [1.807, 2.05) is 70.3 Å². The highest BCUT2D eigenvalue weighted by Crippen LogP contribution is 2.38. The van der Waals surface area contributed by atoms with Gasteiger partial charge in [-0.1, -0.05) is 18.1 Å². The first-order valence-electron chi connectivity index (χ1n) is 14.2. The molecule has 2 aliphatic heterocycles. The molecule has 0 aliphatic carbocycles. The van der Waals surface area contributed by atoms with Crippen LogP contribution >= 0.6 is 15.9 Å². The van der Waals surface area contributed by atoms with Crippen LogP contribution in [0.1, 0.15) is 87.9 Å². The fourth-order valence-corrected chi connectivity index (χ4v) is 4.51. The molecule has 5 rings (SSSR count). The fraction of sp³-hybridized carbons (Fsp3) is 0.375. The zero-order valence-electron chi connectivity index (χ0n) is 26.6. The summed E-state index contributed by atoms with van der Waals surface area (Å²) in [5.74, 6) is -0.132. The average molecular weight is 666 g/mol. The number of carbonyl (C=O) groups excluding carboxylic acids is 2. The van der Waals surface area contributed by atoms with Crippen LogP contribution in [-0.2, 0) is 18.8 Å². The summed E-state index contributed by atoms with van der Waals surface area (Å²) in [6.07, 6.45) is 9.97. The Hall–Kier alpha value is -3.83. The van der Waals surface area contributed by atoms with E-state index in [0.29, 0.717) is 40.9 Å². The minimum Gasteiger partial charge on any atom is -0.461 e. The number of hydrogen-bond donors (Lipinski definition) is 0. The van der Waals surface area contributed by atoms with Gasteiger partial charge in [0, 0.05) is 12.3 Å². The maximum absolute atomic E-state index is 11.8. The van der Waals surface area contributed by atoms with E-state index in [4.69, 9.17) is 18.8 Å². The van der Waals surface area contributed by atoms with Crippen LogP contribution in [0.25, 0.3) is 23.4 Å². The SMILES string of the molecule is C=C(C)B1OC(C)(C)C(C)(C)O1.C=C(C)c1nc(C(=O)OCC)c2ccccn12.CCOC(=O)c1nc(Br)n2c1C=[C+]C=C2. The first kappa shape index (κ1) is 34.7. The van der Waals surface area contributed by atoms with Crippen LogP contribution in [0.2, 0.25) is 0 Å². The minimum absolute atomic E-state index is 0.239. The van der Waals surface area contributed by atoms with Crippen molar-refractivity contribution in [2.45, 2.75) is 66.6 Å². The molecule has 0 aromatic carbocycles. The molecule has 44 heavy (non-hydrogen) atoms. The summed E-state index contributed by atoms with van der Waals surface area (Å²) < 4.78 is 25.5. The molecule has 0 saturated carbocycles.